The zero-order valence-electron chi connectivity index (χ0n) is 9.09. The van der Waals surface area contributed by atoms with Crippen LogP contribution in [0.5, 0.6) is 0 Å². The molecule has 1 heterocycles. The van der Waals surface area contributed by atoms with Crippen LogP contribution >= 0.6 is 15.9 Å². The minimum absolute atomic E-state index is 0.0248. The summed E-state index contributed by atoms with van der Waals surface area (Å²) in [7, 11) is 0. The number of carbonyl (C=O) groups excluding carboxylic acids is 1. The third-order valence-corrected chi connectivity index (χ3v) is 4.14. The van der Waals surface area contributed by atoms with E-state index in [9.17, 15) is 9.18 Å². The Hall–Kier alpha value is -0.940. The van der Waals surface area contributed by atoms with Gasteiger partial charge in [-0.1, -0.05) is 6.07 Å². The molecule has 3 rings (SSSR count). The van der Waals surface area contributed by atoms with Crippen LogP contribution in [0.1, 0.15) is 30.9 Å². The normalized spacial score (nSPS) is 25.8. The maximum atomic E-state index is 13.1. The molecular weight excluding hydrogens is 287 g/mol. The van der Waals surface area contributed by atoms with Crippen LogP contribution in [-0.2, 0) is 4.79 Å². The molecule has 1 aliphatic heterocycles. The molecule has 5 heteroatoms. The highest BCUT2D eigenvalue weighted by molar-refractivity contribution is 9.10. The summed E-state index contributed by atoms with van der Waals surface area (Å²) in [5.41, 5.74) is 0.586. The number of rotatable bonds is 1. The fraction of sp³-hybridized carbons (Fsp3) is 0.417. The van der Waals surface area contributed by atoms with Crippen LogP contribution in [0.25, 0.3) is 0 Å². The largest absolute Gasteiger partial charge is 0.336 e. The lowest BCUT2D eigenvalue weighted by atomic mass is 9.85. The molecule has 1 saturated carbocycles. The van der Waals surface area contributed by atoms with E-state index in [1.807, 2.05) is 0 Å². The number of carbonyl (C=O) groups is 1. The lowest BCUT2D eigenvalue weighted by Gasteiger charge is -2.38. The van der Waals surface area contributed by atoms with Crippen LogP contribution in [0.3, 0.4) is 0 Å². The standard InChI is InChI=1S/C12H12BrFN2O/c13-8-6-7(2-3-9(8)14)10-11(17)16-12(15-10)4-1-5-12/h2-3,6,10,15H,1,4-5H2,(H,16,17). The van der Waals surface area contributed by atoms with E-state index in [4.69, 9.17) is 0 Å². The second kappa shape index (κ2) is 3.78. The molecule has 1 aliphatic carbocycles. The van der Waals surface area contributed by atoms with E-state index in [1.165, 1.54) is 6.07 Å². The van der Waals surface area contributed by atoms with E-state index >= 15 is 0 Å². The first-order valence-electron chi connectivity index (χ1n) is 5.64. The van der Waals surface area contributed by atoms with E-state index in [2.05, 4.69) is 26.6 Å². The SMILES string of the molecule is O=C1NC2(CCC2)NC1c1ccc(F)c(Br)c1. The van der Waals surface area contributed by atoms with E-state index in [-0.39, 0.29) is 23.4 Å². The van der Waals surface area contributed by atoms with Crippen LogP contribution in [0.2, 0.25) is 0 Å². The topological polar surface area (TPSA) is 41.1 Å². The maximum Gasteiger partial charge on any atom is 0.243 e. The minimum Gasteiger partial charge on any atom is -0.336 e. The smallest absolute Gasteiger partial charge is 0.243 e. The van der Waals surface area contributed by atoms with Gasteiger partial charge in [0, 0.05) is 0 Å². The van der Waals surface area contributed by atoms with Gasteiger partial charge in [0.2, 0.25) is 5.91 Å². The molecule has 3 nitrogen and oxygen atoms in total. The van der Waals surface area contributed by atoms with Gasteiger partial charge in [-0.25, -0.2) is 4.39 Å². The van der Waals surface area contributed by atoms with Crippen LogP contribution in [0.15, 0.2) is 22.7 Å². The van der Waals surface area contributed by atoms with Crippen LogP contribution in [0.4, 0.5) is 4.39 Å². The molecule has 1 aromatic carbocycles. The van der Waals surface area contributed by atoms with Crippen molar-refractivity contribution in [3.63, 3.8) is 0 Å². The number of amides is 1. The third kappa shape index (κ3) is 1.77. The van der Waals surface area contributed by atoms with E-state index in [0.717, 1.165) is 24.8 Å². The zero-order valence-corrected chi connectivity index (χ0v) is 10.7. The van der Waals surface area contributed by atoms with Gasteiger partial charge in [-0.2, -0.15) is 0 Å². The predicted octanol–water partition coefficient (Wildman–Crippen LogP) is 2.23. The van der Waals surface area contributed by atoms with E-state index < -0.39 is 0 Å². The summed E-state index contributed by atoms with van der Waals surface area (Å²) in [5.74, 6) is -0.339. The second-order valence-electron chi connectivity index (χ2n) is 4.68. The quantitative estimate of drug-likeness (QED) is 0.835. The highest BCUT2D eigenvalue weighted by Crippen LogP contribution is 2.37. The average Bonchev–Trinajstić information content (AvgIpc) is 2.60. The van der Waals surface area contributed by atoms with Crippen molar-refractivity contribution in [3.05, 3.63) is 34.1 Å². The molecule has 1 atom stereocenters. The zero-order chi connectivity index (χ0) is 12.0. The molecule has 0 bridgehead atoms. The van der Waals surface area contributed by atoms with Crippen molar-refractivity contribution in [2.45, 2.75) is 31.0 Å². The molecule has 2 aliphatic rings. The number of benzene rings is 1. The molecule has 17 heavy (non-hydrogen) atoms. The maximum absolute atomic E-state index is 13.1. The summed E-state index contributed by atoms with van der Waals surface area (Å²) in [6.07, 6.45) is 3.07. The lowest BCUT2D eigenvalue weighted by molar-refractivity contribution is -0.121. The molecule has 90 valence electrons. The molecular formula is C12H12BrFN2O. The number of nitrogens with one attached hydrogen (secondary N) is 2. The van der Waals surface area contributed by atoms with E-state index in [1.54, 1.807) is 12.1 Å². The molecule has 1 saturated heterocycles. The molecule has 1 spiro atoms. The highest BCUT2D eigenvalue weighted by atomic mass is 79.9. The van der Waals surface area contributed by atoms with Crippen LogP contribution in [0, 0.1) is 5.82 Å². The summed E-state index contributed by atoms with van der Waals surface area (Å²) in [4.78, 5) is 11.9. The van der Waals surface area contributed by atoms with Gasteiger partial charge in [-0.05, 0) is 52.9 Å². The number of halogens is 2. The average molecular weight is 299 g/mol. The van der Waals surface area contributed by atoms with Crippen molar-refractivity contribution in [1.82, 2.24) is 10.6 Å². The molecule has 2 fully saturated rings. The molecule has 0 radical (unpaired) electrons. The summed E-state index contributed by atoms with van der Waals surface area (Å²) >= 11 is 3.14. The van der Waals surface area contributed by atoms with Gasteiger partial charge in [0.05, 0.1) is 10.1 Å². The molecule has 2 N–H and O–H groups in total. The summed E-state index contributed by atoms with van der Waals surface area (Å²) in [6, 6.07) is 4.31. The van der Waals surface area contributed by atoms with Gasteiger partial charge in [0.25, 0.3) is 0 Å². The first kappa shape index (κ1) is 11.2. The Labute approximate surface area is 107 Å². The van der Waals surface area contributed by atoms with Crippen molar-refractivity contribution in [1.29, 1.82) is 0 Å². The van der Waals surface area contributed by atoms with Gasteiger partial charge in [-0.15, -0.1) is 0 Å². The summed E-state index contributed by atoms with van der Waals surface area (Å²) in [6.45, 7) is 0. The Balaban J connectivity index is 1.89. The number of hydrogen-bond acceptors (Lipinski definition) is 2. The predicted molar refractivity (Wildman–Crippen MR) is 64.7 cm³/mol. The monoisotopic (exact) mass is 298 g/mol. The lowest BCUT2D eigenvalue weighted by Crippen LogP contribution is -2.55. The summed E-state index contributed by atoms with van der Waals surface area (Å²) in [5, 5.41) is 6.30. The Morgan fingerprint density at radius 3 is 2.71 bits per heavy atom. The molecule has 1 amide bonds. The Kier molecular flexibility index (Phi) is 2.48. The Morgan fingerprint density at radius 2 is 2.18 bits per heavy atom. The molecule has 1 unspecified atom stereocenters. The number of hydrogen-bond donors (Lipinski definition) is 2. The third-order valence-electron chi connectivity index (χ3n) is 3.53. The van der Waals surface area contributed by atoms with Crippen molar-refractivity contribution in [3.8, 4) is 0 Å². The fourth-order valence-corrected chi connectivity index (χ4v) is 2.81. The van der Waals surface area contributed by atoms with Crippen molar-refractivity contribution < 1.29 is 9.18 Å². The van der Waals surface area contributed by atoms with Gasteiger partial charge in [-0.3, -0.25) is 10.1 Å². The van der Waals surface area contributed by atoms with E-state index in [0.29, 0.717) is 4.47 Å². The second-order valence-corrected chi connectivity index (χ2v) is 5.53. The van der Waals surface area contributed by atoms with Crippen molar-refractivity contribution in [2.75, 3.05) is 0 Å². The first-order valence-corrected chi connectivity index (χ1v) is 6.44. The molecule has 1 aromatic rings. The van der Waals surface area contributed by atoms with Crippen molar-refractivity contribution in [2.24, 2.45) is 0 Å². The van der Waals surface area contributed by atoms with Crippen LogP contribution < -0.4 is 10.6 Å². The highest BCUT2D eigenvalue weighted by Gasteiger charge is 2.47. The van der Waals surface area contributed by atoms with Gasteiger partial charge in [0.1, 0.15) is 11.9 Å². The van der Waals surface area contributed by atoms with Crippen molar-refractivity contribution >= 4 is 21.8 Å². The summed E-state index contributed by atoms with van der Waals surface area (Å²) < 4.78 is 13.5. The Bertz CT molecular complexity index is 487. The van der Waals surface area contributed by atoms with Gasteiger partial charge in [0.15, 0.2) is 0 Å². The van der Waals surface area contributed by atoms with Gasteiger partial charge >= 0.3 is 0 Å². The first-order chi connectivity index (χ1) is 8.10. The Morgan fingerprint density at radius 1 is 1.41 bits per heavy atom. The van der Waals surface area contributed by atoms with Crippen LogP contribution in [-0.4, -0.2) is 11.6 Å². The minimum atomic E-state index is -0.368. The van der Waals surface area contributed by atoms with Gasteiger partial charge < -0.3 is 5.32 Å². The fourth-order valence-electron chi connectivity index (χ4n) is 2.41. The molecule has 0 aromatic heterocycles.